The Kier molecular flexibility index (Phi) is 4.01. The van der Waals surface area contributed by atoms with Crippen LogP contribution < -0.4 is 5.32 Å². The number of benzene rings is 2. The minimum Gasteiger partial charge on any atom is -0.363 e. The number of aromatic nitrogens is 1. The van der Waals surface area contributed by atoms with Crippen molar-refractivity contribution in [2.45, 2.75) is 25.4 Å². The average molecular weight is 387 g/mol. The van der Waals surface area contributed by atoms with Gasteiger partial charge >= 0.3 is 0 Å². The fourth-order valence-electron chi connectivity index (χ4n) is 3.99. The summed E-state index contributed by atoms with van der Waals surface area (Å²) in [5, 5.41) is 6.46. The Labute approximate surface area is 166 Å². The quantitative estimate of drug-likeness (QED) is 0.698. The van der Waals surface area contributed by atoms with Crippen LogP contribution in [0.4, 0.5) is 0 Å². The number of carbonyl (C=O) groups excluding carboxylic acids is 3. The molecule has 1 unspecified atom stereocenters. The van der Waals surface area contributed by atoms with Crippen molar-refractivity contribution in [2.24, 2.45) is 0 Å². The first-order valence-electron chi connectivity index (χ1n) is 9.39. The van der Waals surface area contributed by atoms with Crippen molar-refractivity contribution in [3.63, 3.8) is 0 Å². The number of amides is 3. The Morgan fingerprint density at radius 1 is 1.00 bits per heavy atom. The molecule has 0 spiro atoms. The van der Waals surface area contributed by atoms with Gasteiger partial charge in [0, 0.05) is 29.7 Å². The molecule has 0 radical (unpaired) electrons. The third-order valence-electron chi connectivity index (χ3n) is 5.45. The van der Waals surface area contributed by atoms with Crippen molar-refractivity contribution in [2.75, 3.05) is 0 Å². The van der Waals surface area contributed by atoms with E-state index in [2.05, 4.69) is 10.5 Å². The largest absolute Gasteiger partial charge is 0.363 e. The lowest BCUT2D eigenvalue weighted by molar-refractivity contribution is -0.136. The van der Waals surface area contributed by atoms with Crippen molar-refractivity contribution < 1.29 is 18.9 Å². The molecule has 2 aliphatic heterocycles. The first-order valence-corrected chi connectivity index (χ1v) is 9.39. The third kappa shape index (κ3) is 2.91. The number of carbonyl (C=O) groups is 3. The zero-order chi connectivity index (χ0) is 20.0. The second-order valence-electron chi connectivity index (χ2n) is 7.21. The molecule has 7 nitrogen and oxygen atoms in total. The normalized spacial score (nSPS) is 18.7. The molecular formula is C22H17N3O4. The summed E-state index contributed by atoms with van der Waals surface area (Å²) < 4.78 is 5.22. The minimum absolute atomic E-state index is 0.186. The van der Waals surface area contributed by atoms with Crippen LogP contribution in [-0.4, -0.2) is 33.8 Å². The van der Waals surface area contributed by atoms with Crippen molar-refractivity contribution in [1.82, 2.24) is 15.4 Å². The molecule has 0 aliphatic carbocycles. The van der Waals surface area contributed by atoms with Crippen LogP contribution in [0.25, 0.3) is 22.4 Å². The van der Waals surface area contributed by atoms with E-state index in [1.165, 1.54) is 0 Å². The predicted octanol–water partition coefficient (Wildman–Crippen LogP) is 2.77. The van der Waals surface area contributed by atoms with Gasteiger partial charge in [0.25, 0.3) is 5.91 Å². The summed E-state index contributed by atoms with van der Waals surface area (Å²) in [5.41, 5.74) is 4.83. The van der Waals surface area contributed by atoms with E-state index in [0.29, 0.717) is 18.5 Å². The van der Waals surface area contributed by atoms with Gasteiger partial charge in [-0.25, -0.2) is 0 Å². The standard InChI is InChI=1S/C22H17N3O4/c26-19-9-8-18(21(27)23-19)25-11-15-10-14(6-7-16(15)22(25)28)17-12-29-24-20(17)13-4-2-1-3-5-13/h1-7,10,12,18H,8-9,11H2,(H,23,26,27). The molecule has 7 heteroatoms. The smallest absolute Gasteiger partial charge is 0.255 e. The van der Waals surface area contributed by atoms with Gasteiger partial charge in [-0.15, -0.1) is 0 Å². The maximum Gasteiger partial charge on any atom is 0.255 e. The predicted molar refractivity (Wildman–Crippen MR) is 103 cm³/mol. The van der Waals surface area contributed by atoms with Crippen LogP contribution in [0.3, 0.4) is 0 Å². The first-order chi connectivity index (χ1) is 14.1. The van der Waals surface area contributed by atoms with E-state index in [4.69, 9.17) is 4.52 Å². The molecule has 3 aromatic rings. The highest BCUT2D eigenvalue weighted by Crippen LogP contribution is 2.35. The van der Waals surface area contributed by atoms with E-state index < -0.39 is 11.9 Å². The van der Waals surface area contributed by atoms with Crippen molar-refractivity contribution in [1.29, 1.82) is 0 Å². The van der Waals surface area contributed by atoms with Gasteiger partial charge in [0.05, 0.1) is 0 Å². The number of rotatable bonds is 3. The summed E-state index contributed by atoms with van der Waals surface area (Å²) >= 11 is 0. The Hall–Kier alpha value is -3.74. The Balaban J connectivity index is 1.47. The molecule has 1 aromatic heterocycles. The number of nitrogens with one attached hydrogen (secondary N) is 1. The highest BCUT2D eigenvalue weighted by molar-refractivity contribution is 6.05. The van der Waals surface area contributed by atoms with Gasteiger partial charge in [0.15, 0.2) is 0 Å². The second-order valence-corrected chi connectivity index (χ2v) is 7.21. The maximum absolute atomic E-state index is 12.8. The monoisotopic (exact) mass is 387 g/mol. The molecule has 144 valence electrons. The Morgan fingerprint density at radius 3 is 2.62 bits per heavy atom. The number of imide groups is 1. The van der Waals surface area contributed by atoms with Crippen LogP contribution in [0.2, 0.25) is 0 Å². The van der Waals surface area contributed by atoms with Crippen molar-refractivity contribution in [3.05, 3.63) is 65.9 Å². The van der Waals surface area contributed by atoms with E-state index in [9.17, 15) is 14.4 Å². The molecule has 1 saturated heterocycles. The zero-order valence-corrected chi connectivity index (χ0v) is 15.4. The summed E-state index contributed by atoms with van der Waals surface area (Å²) in [7, 11) is 0. The van der Waals surface area contributed by atoms with Crippen LogP contribution in [0, 0.1) is 0 Å². The zero-order valence-electron chi connectivity index (χ0n) is 15.4. The van der Waals surface area contributed by atoms with E-state index in [1.807, 2.05) is 42.5 Å². The molecule has 0 saturated carbocycles. The van der Waals surface area contributed by atoms with Crippen LogP contribution in [0.15, 0.2) is 59.3 Å². The van der Waals surface area contributed by atoms with Crippen LogP contribution in [-0.2, 0) is 16.1 Å². The van der Waals surface area contributed by atoms with E-state index >= 15 is 0 Å². The summed E-state index contributed by atoms with van der Waals surface area (Å²) in [6, 6.07) is 14.7. The molecule has 1 fully saturated rings. The Morgan fingerprint density at radius 2 is 1.83 bits per heavy atom. The van der Waals surface area contributed by atoms with Crippen LogP contribution in [0.5, 0.6) is 0 Å². The van der Waals surface area contributed by atoms with Gasteiger partial charge in [0.2, 0.25) is 11.8 Å². The summed E-state index contributed by atoms with van der Waals surface area (Å²) in [6.45, 7) is 0.334. The van der Waals surface area contributed by atoms with Gasteiger partial charge in [-0.2, -0.15) is 0 Å². The van der Waals surface area contributed by atoms with Gasteiger partial charge in [-0.1, -0.05) is 41.6 Å². The lowest BCUT2D eigenvalue weighted by atomic mass is 9.98. The van der Waals surface area contributed by atoms with E-state index in [-0.39, 0.29) is 18.2 Å². The third-order valence-corrected chi connectivity index (χ3v) is 5.45. The number of nitrogens with zero attached hydrogens (tertiary/aromatic N) is 2. The average Bonchev–Trinajstić information content (AvgIpc) is 3.34. The number of fused-ring (bicyclic) bond motifs is 1. The SMILES string of the molecule is O=C1CCC(N2Cc3cc(-c4conc4-c4ccccc4)ccc3C2=O)C(=O)N1. The molecule has 3 amide bonds. The molecule has 2 aromatic carbocycles. The van der Waals surface area contributed by atoms with Gasteiger partial charge < -0.3 is 9.42 Å². The highest BCUT2D eigenvalue weighted by Gasteiger charge is 2.39. The number of piperidine rings is 1. The van der Waals surface area contributed by atoms with Gasteiger partial charge in [-0.3, -0.25) is 19.7 Å². The summed E-state index contributed by atoms with van der Waals surface area (Å²) in [6.07, 6.45) is 2.18. The van der Waals surface area contributed by atoms with E-state index in [1.54, 1.807) is 17.2 Å². The molecule has 2 aliphatic rings. The summed E-state index contributed by atoms with van der Waals surface area (Å²) in [4.78, 5) is 38.0. The topological polar surface area (TPSA) is 92.5 Å². The van der Waals surface area contributed by atoms with Crippen molar-refractivity contribution >= 4 is 17.7 Å². The molecular weight excluding hydrogens is 370 g/mol. The second kappa shape index (κ2) is 6.70. The van der Waals surface area contributed by atoms with E-state index in [0.717, 1.165) is 27.9 Å². The van der Waals surface area contributed by atoms with Crippen LogP contribution >= 0.6 is 0 Å². The lowest BCUT2D eigenvalue weighted by Crippen LogP contribution is -2.52. The van der Waals surface area contributed by atoms with Gasteiger partial charge in [-0.05, 0) is 29.7 Å². The number of hydrogen-bond donors (Lipinski definition) is 1. The minimum atomic E-state index is -0.619. The first kappa shape index (κ1) is 17.4. The number of hydrogen-bond acceptors (Lipinski definition) is 5. The molecule has 1 atom stereocenters. The highest BCUT2D eigenvalue weighted by atomic mass is 16.5. The molecule has 5 rings (SSSR count). The molecule has 3 heterocycles. The molecule has 0 bridgehead atoms. The molecule has 29 heavy (non-hydrogen) atoms. The Bertz CT molecular complexity index is 1140. The lowest BCUT2D eigenvalue weighted by Gasteiger charge is -2.29. The van der Waals surface area contributed by atoms with Crippen molar-refractivity contribution in [3.8, 4) is 22.4 Å². The van der Waals surface area contributed by atoms with Gasteiger partial charge in [0.1, 0.15) is 18.0 Å². The maximum atomic E-state index is 12.8. The fourth-order valence-corrected chi connectivity index (χ4v) is 3.99. The molecule has 1 N–H and O–H groups in total. The van der Waals surface area contributed by atoms with Crippen LogP contribution in [0.1, 0.15) is 28.8 Å². The fraction of sp³-hybridized carbons (Fsp3) is 0.182. The summed E-state index contributed by atoms with van der Waals surface area (Å²) in [5.74, 6) is -0.888.